The van der Waals surface area contributed by atoms with Crippen molar-refractivity contribution in [1.82, 2.24) is 15.5 Å². The van der Waals surface area contributed by atoms with Crippen molar-refractivity contribution in [3.63, 3.8) is 0 Å². The third-order valence-corrected chi connectivity index (χ3v) is 4.59. The van der Waals surface area contributed by atoms with Crippen molar-refractivity contribution in [1.29, 1.82) is 0 Å². The summed E-state index contributed by atoms with van der Waals surface area (Å²) in [7, 11) is 0. The van der Waals surface area contributed by atoms with Crippen LogP contribution >= 0.6 is 0 Å². The number of aliphatic hydroxyl groups excluding tert-OH is 1. The van der Waals surface area contributed by atoms with Crippen LogP contribution in [0.3, 0.4) is 0 Å². The summed E-state index contributed by atoms with van der Waals surface area (Å²) in [5.41, 5.74) is 1.82. The van der Waals surface area contributed by atoms with Crippen LogP contribution in [-0.4, -0.2) is 46.5 Å². The quantitative estimate of drug-likeness (QED) is 0.599. The maximum absolute atomic E-state index is 12.5. The van der Waals surface area contributed by atoms with E-state index >= 15 is 0 Å². The van der Waals surface area contributed by atoms with Gasteiger partial charge in [-0.05, 0) is 17.5 Å². The predicted octanol–water partition coefficient (Wildman–Crippen LogP) is 1.22. The Labute approximate surface area is 163 Å². The highest BCUT2D eigenvalue weighted by molar-refractivity contribution is 6.05. The number of hydrogen-bond donors (Lipinski definition) is 3. The van der Waals surface area contributed by atoms with Crippen molar-refractivity contribution >= 4 is 17.8 Å². The van der Waals surface area contributed by atoms with E-state index in [0.717, 1.165) is 16.0 Å². The van der Waals surface area contributed by atoms with E-state index < -0.39 is 29.9 Å². The van der Waals surface area contributed by atoms with Crippen LogP contribution in [0.15, 0.2) is 60.7 Å². The lowest BCUT2D eigenvalue weighted by atomic mass is 10.1. The number of urea groups is 1. The van der Waals surface area contributed by atoms with Crippen LogP contribution in [0.5, 0.6) is 0 Å². The molecule has 2 aromatic carbocycles. The second-order valence-corrected chi connectivity index (χ2v) is 6.75. The molecule has 1 fully saturated rings. The summed E-state index contributed by atoms with van der Waals surface area (Å²) in [5, 5.41) is 14.8. The molecule has 2 aromatic rings. The fourth-order valence-corrected chi connectivity index (χ4v) is 3.16. The summed E-state index contributed by atoms with van der Waals surface area (Å²) in [6, 6.07) is 16.8. The fourth-order valence-electron chi connectivity index (χ4n) is 3.16. The number of rotatable bonds is 8. The highest BCUT2D eigenvalue weighted by Gasteiger charge is 2.39. The van der Waals surface area contributed by atoms with Gasteiger partial charge in [0.25, 0.3) is 5.91 Å². The number of carbonyl (C=O) groups excluding carboxylic acids is 3. The van der Waals surface area contributed by atoms with Crippen LogP contribution in [0.4, 0.5) is 4.79 Å². The standard InChI is InChI=1S/C21H23N3O4/c25-14-17(11-15-7-3-1-4-8-15)22-19(26)12-18-20(27)24(21(28)23-18)13-16-9-5-2-6-10-16/h1-10,17-18,25H,11-14H2,(H,22,26)(H,23,28)/t17-,18-/m1/s1. The highest BCUT2D eigenvalue weighted by atomic mass is 16.3. The summed E-state index contributed by atoms with van der Waals surface area (Å²) in [4.78, 5) is 38.1. The molecular weight excluding hydrogens is 358 g/mol. The molecule has 1 saturated heterocycles. The van der Waals surface area contributed by atoms with E-state index in [9.17, 15) is 19.5 Å². The van der Waals surface area contributed by atoms with Crippen LogP contribution in [0, 0.1) is 0 Å². The molecule has 0 radical (unpaired) electrons. The molecular formula is C21H23N3O4. The molecule has 1 aliphatic heterocycles. The predicted molar refractivity (Wildman–Crippen MR) is 103 cm³/mol. The van der Waals surface area contributed by atoms with E-state index in [1.54, 1.807) is 0 Å². The van der Waals surface area contributed by atoms with Gasteiger partial charge in [0.05, 0.1) is 25.6 Å². The SMILES string of the molecule is O=C(C[C@H]1NC(=O)N(Cc2ccccc2)C1=O)N[C@@H](CO)Cc1ccccc1. The third-order valence-electron chi connectivity index (χ3n) is 4.59. The number of hydrogen-bond acceptors (Lipinski definition) is 4. The Bertz CT molecular complexity index is 826. The highest BCUT2D eigenvalue weighted by Crippen LogP contribution is 2.14. The van der Waals surface area contributed by atoms with Crippen molar-refractivity contribution in [2.24, 2.45) is 0 Å². The third kappa shape index (κ3) is 4.95. The lowest BCUT2D eigenvalue weighted by molar-refractivity contribution is -0.131. The molecule has 146 valence electrons. The van der Waals surface area contributed by atoms with Crippen LogP contribution in [0.1, 0.15) is 17.5 Å². The van der Waals surface area contributed by atoms with Gasteiger partial charge in [0.2, 0.25) is 5.91 Å². The van der Waals surface area contributed by atoms with Crippen molar-refractivity contribution in [3.8, 4) is 0 Å². The fraction of sp³-hybridized carbons (Fsp3) is 0.286. The minimum atomic E-state index is -0.896. The van der Waals surface area contributed by atoms with E-state index in [-0.39, 0.29) is 19.6 Å². The Balaban J connectivity index is 1.54. The first kappa shape index (κ1) is 19.6. The van der Waals surface area contributed by atoms with Gasteiger partial charge in [0.1, 0.15) is 6.04 Å². The molecule has 0 spiro atoms. The average molecular weight is 381 g/mol. The minimum absolute atomic E-state index is 0.164. The molecule has 4 amide bonds. The second kappa shape index (κ2) is 9.14. The number of nitrogens with one attached hydrogen (secondary N) is 2. The van der Waals surface area contributed by atoms with Crippen molar-refractivity contribution in [2.75, 3.05) is 6.61 Å². The zero-order valence-electron chi connectivity index (χ0n) is 15.4. The number of benzene rings is 2. The lowest BCUT2D eigenvalue weighted by Gasteiger charge is -2.17. The molecule has 1 aliphatic rings. The van der Waals surface area contributed by atoms with Crippen LogP contribution in [0.2, 0.25) is 0 Å². The molecule has 0 unspecified atom stereocenters. The number of nitrogens with zero attached hydrogens (tertiary/aromatic N) is 1. The molecule has 0 aliphatic carbocycles. The van der Waals surface area contributed by atoms with Gasteiger partial charge in [-0.15, -0.1) is 0 Å². The van der Waals surface area contributed by atoms with Crippen LogP contribution < -0.4 is 10.6 Å². The van der Waals surface area contributed by atoms with Gasteiger partial charge in [-0.2, -0.15) is 0 Å². The monoisotopic (exact) mass is 381 g/mol. The topological polar surface area (TPSA) is 98.7 Å². The molecule has 3 N–H and O–H groups in total. The smallest absolute Gasteiger partial charge is 0.325 e. The van der Waals surface area contributed by atoms with Gasteiger partial charge in [-0.1, -0.05) is 60.7 Å². The Morgan fingerprint density at radius 1 is 1.04 bits per heavy atom. The summed E-state index contributed by atoms with van der Waals surface area (Å²) < 4.78 is 0. The van der Waals surface area contributed by atoms with Crippen LogP contribution in [0.25, 0.3) is 0 Å². The molecule has 3 rings (SSSR count). The maximum atomic E-state index is 12.5. The van der Waals surface area contributed by atoms with Gasteiger partial charge < -0.3 is 15.7 Å². The lowest BCUT2D eigenvalue weighted by Crippen LogP contribution is -2.43. The molecule has 7 nitrogen and oxygen atoms in total. The Kier molecular flexibility index (Phi) is 6.39. The maximum Gasteiger partial charge on any atom is 0.325 e. The van der Waals surface area contributed by atoms with Gasteiger partial charge in [0.15, 0.2) is 0 Å². The summed E-state index contributed by atoms with van der Waals surface area (Å²) in [5.74, 6) is -0.817. The summed E-state index contributed by atoms with van der Waals surface area (Å²) in [6.07, 6.45) is 0.315. The first-order valence-corrected chi connectivity index (χ1v) is 9.16. The number of aliphatic hydroxyl groups is 1. The molecule has 7 heteroatoms. The first-order chi connectivity index (χ1) is 13.6. The first-order valence-electron chi connectivity index (χ1n) is 9.16. The molecule has 0 bridgehead atoms. The Morgan fingerprint density at radius 3 is 2.25 bits per heavy atom. The molecule has 28 heavy (non-hydrogen) atoms. The van der Waals surface area contributed by atoms with E-state index in [1.165, 1.54) is 0 Å². The van der Waals surface area contributed by atoms with Crippen molar-refractivity contribution in [2.45, 2.75) is 31.5 Å². The molecule has 1 heterocycles. The normalized spacial score (nSPS) is 17.3. The number of imide groups is 1. The van der Waals surface area contributed by atoms with Gasteiger partial charge in [-0.3, -0.25) is 14.5 Å². The van der Waals surface area contributed by atoms with E-state index in [4.69, 9.17) is 0 Å². The minimum Gasteiger partial charge on any atom is -0.394 e. The summed E-state index contributed by atoms with van der Waals surface area (Å²) in [6.45, 7) is -0.0529. The molecule has 2 atom stereocenters. The number of amides is 4. The van der Waals surface area contributed by atoms with Crippen molar-refractivity contribution in [3.05, 3.63) is 71.8 Å². The zero-order chi connectivity index (χ0) is 19.9. The van der Waals surface area contributed by atoms with E-state index in [0.29, 0.717) is 6.42 Å². The zero-order valence-corrected chi connectivity index (χ0v) is 15.4. The number of carbonyl (C=O) groups is 3. The van der Waals surface area contributed by atoms with Crippen LogP contribution in [-0.2, 0) is 22.6 Å². The van der Waals surface area contributed by atoms with Gasteiger partial charge in [-0.25, -0.2) is 4.79 Å². The summed E-state index contributed by atoms with van der Waals surface area (Å²) >= 11 is 0. The molecule has 0 aromatic heterocycles. The average Bonchev–Trinajstić information content (AvgIpc) is 2.96. The second-order valence-electron chi connectivity index (χ2n) is 6.75. The van der Waals surface area contributed by atoms with Gasteiger partial charge >= 0.3 is 6.03 Å². The Morgan fingerprint density at radius 2 is 1.64 bits per heavy atom. The van der Waals surface area contributed by atoms with Gasteiger partial charge in [0, 0.05) is 0 Å². The van der Waals surface area contributed by atoms with E-state index in [2.05, 4.69) is 10.6 Å². The largest absolute Gasteiger partial charge is 0.394 e. The van der Waals surface area contributed by atoms with Crippen molar-refractivity contribution < 1.29 is 19.5 Å². The molecule has 0 saturated carbocycles. The Hall–Kier alpha value is -3.19. The van der Waals surface area contributed by atoms with E-state index in [1.807, 2.05) is 60.7 Å².